The third-order valence-electron chi connectivity index (χ3n) is 3.33. The largest absolute Gasteiger partial charge is 0.381 e. The fourth-order valence-electron chi connectivity index (χ4n) is 2.25. The number of hydrogen-bond acceptors (Lipinski definition) is 4. The van der Waals surface area contributed by atoms with Gasteiger partial charge in [-0.05, 0) is 31.0 Å². The van der Waals surface area contributed by atoms with Crippen molar-refractivity contribution >= 4 is 16.9 Å². The van der Waals surface area contributed by atoms with Gasteiger partial charge in [0.25, 0.3) is 0 Å². The molecule has 0 spiro atoms. The van der Waals surface area contributed by atoms with E-state index in [-0.39, 0.29) is 0 Å². The zero-order valence-corrected chi connectivity index (χ0v) is 9.71. The van der Waals surface area contributed by atoms with Crippen molar-refractivity contribution in [2.75, 3.05) is 5.73 Å². The molecule has 1 aliphatic rings. The summed E-state index contributed by atoms with van der Waals surface area (Å²) in [6.07, 6.45) is 4.43. The number of fused-ring (bicyclic) bond motifs is 1. The molecule has 0 aliphatic heterocycles. The maximum Gasteiger partial charge on any atom is 0.169 e. The number of imidazole rings is 1. The Balaban J connectivity index is 1.84. The smallest absolute Gasteiger partial charge is 0.169 e. The zero-order chi connectivity index (χ0) is 12.1. The first kappa shape index (κ1) is 9.70. The van der Waals surface area contributed by atoms with Crippen LogP contribution in [0.1, 0.15) is 18.9 Å². The van der Waals surface area contributed by atoms with Crippen molar-refractivity contribution in [2.24, 2.45) is 0 Å². The molecule has 2 aromatic heterocycles. The summed E-state index contributed by atoms with van der Waals surface area (Å²) >= 11 is 0. The Kier molecular flexibility index (Phi) is 1.81. The second-order valence-electron chi connectivity index (χ2n) is 4.70. The number of nitrogen functional groups attached to an aromatic ring is 1. The van der Waals surface area contributed by atoms with Crippen molar-refractivity contribution in [3.63, 3.8) is 0 Å². The van der Waals surface area contributed by atoms with E-state index in [4.69, 9.17) is 10.3 Å². The van der Waals surface area contributed by atoms with E-state index in [9.17, 15) is 0 Å². The molecule has 2 N–H and O–H groups in total. The lowest BCUT2D eigenvalue weighted by atomic mass is 10.1. The van der Waals surface area contributed by atoms with Gasteiger partial charge in [0.05, 0.1) is 17.4 Å². The monoisotopic (exact) mass is 240 g/mol. The van der Waals surface area contributed by atoms with Gasteiger partial charge in [0.1, 0.15) is 0 Å². The molecule has 5 nitrogen and oxygen atoms in total. The van der Waals surface area contributed by atoms with Crippen molar-refractivity contribution in [2.45, 2.75) is 18.9 Å². The van der Waals surface area contributed by atoms with E-state index in [0.29, 0.717) is 17.6 Å². The van der Waals surface area contributed by atoms with Crippen LogP contribution in [0.3, 0.4) is 0 Å². The summed E-state index contributed by atoms with van der Waals surface area (Å²) in [6, 6.07) is 8.46. The van der Waals surface area contributed by atoms with E-state index < -0.39 is 0 Å². The number of anilines is 1. The van der Waals surface area contributed by atoms with E-state index in [1.807, 2.05) is 18.5 Å². The fourth-order valence-corrected chi connectivity index (χ4v) is 2.25. The van der Waals surface area contributed by atoms with Gasteiger partial charge >= 0.3 is 0 Å². The molecule has 5 heteroatoms. The highest BCUT2D eigenvalue weighted by atomic mass is 16.5. The number of benzene rings is 1. The quantitative estimate of drug-likeness (QED) is 0.747. The molecule has 18 heavy (non-hydrogen) atoms. The van der Waals surface area contributed by atoms with Gasteiger partial charge in [0.15, 0.2) is 11.6 Å². The van der Waals surface area contributed by atoms with Gasteiger partial charge in [-0.25, -0.2) is 4.98 Å². The van der Waals surface area contributed by atoms with Crippen LogP contribution in [-0.2, 0) is 0 Å². The average Bonchev–Trinajstić information content (AvgIpc) is 2.99. The number of nitrogens with two attached hydrogens (primary N) is 1. The van der Waals surface area contributed by atoms with Gasteiger partial charge < -0.3 is 14.8 Å². The van der Waals surface area contributed by atoms with Crippen LogP contribution >= 0.6 is 0 Å². The molecule has 1 fully saturated rings. The Morgan fingerprint density at radius 1 is 1.28 bits per heavy atom. The van der Waals surface area contributed by atoms with Crippen LogP contribution in [0.5, 0.6) is 0 Å². The molecule has 0 radical (unpaired) electrons. The highest BCUT2D eigenvalue weighted by molar-refractivity contribution is 5.81. The summed E-state index contributed by atoms with van der Waals surface area (Å²) in [6.45, 7) is 0. The van der Waals surface area contributed by atoms with Gasteiger partial charge in [-0.1, -0.05) is 5.16 Å². The van der Waals surface area contributed by atoms with Crippen molar-refractivity contribution in [1.29, 1.82) is 0 Å². The van der Waals surface area contributed by atoms with Crippen molar-refractivity contribution in [3.8, 4) is 11.3 Å². The van der Waals surface area contributed by atoms with Gasteiger partial charge in [-0.15, -0.1) is 0 Å². The number of nitrogens with zero attached hydrogens (tertiary/aromatic N) is 3. The van der Waals surface area contributed by atoms with Crippen LogP contribution in [0.15, 0.2) is 35.1 Å². The second-order valence-corrected chi connectivity index (χ2v) is 4.70. The van der Waals surface area contributed by atoms with E-state index in [1.165, 1.54) is 18.4 Å². The minimum Gasteiger partial charge on any atom is -0.381 e. The summed E-state index contributed by atoms with van der Waals surface area (Å²) in [5.41, 5.74) is 8.66. The highest BCUT2D eigenvalue weighted by Crippen LogP contribution is 2.37. The van der Waals surface area contributed by atoms with Crippen LogP contribution in [0.2, 0.25) is 0 Å². The lowest BCUT2D eigenvalue weighted by Crippen LogP contribution is -1.89. The van der Waals surface area contributed by atoms with Gasteiger partial charge in [0.2, 0.25) is 0 Å². The Hall–Kier alpha value is -2.30. The standard InChI is InChI=1S/C13H12N4O/c14-13-6-12(18-16-13)8-1-4-11-10(5-8)15-7-17(11)9-2-3-9/h1,4-7,9H,2-3H2,(H2,14,16). The Bertz CT molecular complexity index is 724. The molecule has 1 aromatic carbocycles. The summed E-state index contributed by atoms with van der Waals surface area (Å²) in [4.78, 5) is 4.44. The minimum atomic E-state index is 0.397. The summed E-state index contributed by atoms with van der Waals surface area (Å²) < 4.78 is 7.40. The Morgan fingerprint density at radius 2 is 2.17 bits per heavy atom. The molecule has 2 heterocycles. The van der Waals surface area contributed by atoms with Crippen molar-refractivity contribution < 1.29 is 4.52 Å². The molecule has 90 valence electrons. The Morgan fingerprint density at radius 3 is 2.89 bits per heavy atom. The van der Waals surface area contributed by atoms with Crippen molar-refractivity contribution in [1.82, 2.24) is 14.7 Å². The maximum atomic E-state index is 5.56. The first-order valence-electron chi connectivity index (χ1n) is 6.00. The van der Waals surface area contributed by atoms with E-state index in [2.05, 4.69) is 20.8 Å². The average molecular weight is 240 g/mol. The van der Waals surface area contributed by atoms with E-state index in [1.54, 1.807) is 6.07 Å². The van der Waals surface area contributed by atoms with E-state index in [0.717, 1.165) is 11.1 Å². The van der Waals surface area contributed by atoms with Gasteiger partial charge in [-0.3, -0.25) is 0 Å². The topological polar surface area (TPSA) is 69.9 Å². The van der Waals surface area contributed by atoms with Crippen molar-refractivity contribution in [3.05, 3.63) is 30.6 Å². The lowest BCUT2D eigenvalue weighted by Gasteiger charge is -2.01. The predicted octanol–water partition coefficient (Wildman–Crippen LogP) is 2.61. The molecule has 0 amide bonds. The van der Waals surface area contributed by atoms with Gasteiger partial charge in [0, 0.05) is 17.7 Å². The summed E-state index contributed by atoms with van der Waals surface area (Å²) in [5.74, 6) is 1.07. The zero-order valence-electron chi connectivity index (χ0n) is 9.71. The molecule has 4 rings (SSSR count). The molecule has 0 unspecified atom stereocenters. The molecule has 1 saturated carbocycles. The molecule has 3 aromatic rings. The van der Waals surface area contributed by atoms with Crippen LogP contribution < -0.4 is 5.73 Å². The predicted molar refractivity (Wildman–Crippen MR) is 67.9 cm³/mol. The fraction of sp³-hybridized carbons (Fsp3) is 0.231. The SMILES string of the molecule is Nc1cc(-c2ccc3c(c2)ncn3C2CC2)on1. The molecule has 1 aliphatic carbocycles. The van der Waals surface area contributed by atoms with E-state index >= 15 is 0 Å². The third-order valence-corrected chi connectivity index (χ3v) is 3.33. The number of rotatable bonds is 2. The molecular formula is C13H12N4O. The maximum absolute atomic E-state index is 5.56. The third kappa shape index (κ3) is 1.40. The number of hydrogen-bond donors (Lipinski definition) is 1. The minimum absolute atomic E-state index is 0.397. The molecule has 0 bridgehead atoms. The van der Waals surface area contributed by atoms with Crippen LogP contribution in [-0.4, -0.2) is 14.7 Å². The summed E-state index contributed by atoms with van der Waals surface area (Å²) in [7, 11) is 0. The first-order chi connectivity index (χ1) is 8.81. The lowest BCUT2D eigenvalue weighted by molar-refractivity contribution is 0.436. The summed E-state index contributed by atoms with van der Waals surface area (Å²) in [5, 5.41) is 3.69. The van der Waals surface area contributed by atoms with Crippen LogP contribution in [0.25, 0.3) is 22.4 Å². The molecular weight excluding hydrogens is 228 g/mol. The normalized spacial score (nSPS) is 15.3. The molecule has 0 saturated heterocycles. The molecule has 0 atom stereocenters. The van der Waals surface area contributed by atoms with Crippen LogP contribution in [0.4, 0.5) is 5.82 Å². The van der Waals surface area contributed by atoms with Gasteiger partial charge in [-0.2, -0.15) is 0 Å². The number of aromatic nitrogens is 3. The Labute approximate surface area is 103 Å². The second kappa shape index (κ2) is 3.35. The first-order valence-corrected chi connectivity index (χ1v) is 6.00. The highest BCUT2D eigenvalue weighted by Gasteiger charge is 2.24. The van der Waals surface area contributed by atoms with Crippen LogP contribution in [0, 0.1) is 0 Å².